The molecule has 1 nitrogen and oxygen atoms in total. The monoisotopic (exact) mass is 328 g/mol. The van der Waals surface area contributed by atoms with Crippen molar-refractivity contribution in [1.82, 2.24) is 0 Å². The van der Waals surface area contributed by atoms with Crippen LogP contribution in [0.3, 0.4) is 0 Å². The van der Waals surface area contributed by atoms with Gasteiger partial charge in [0.05, 0.1) is 0 Å². The third-order valence-electron chi connectivity index (χ3n) is 0. The molecular weight excluding hydrogens is 326 g/mol. The minimum atomic E-state index is 0. The summed E-state index contributed by atoms with van der Waals surface area (Å²) in [5, 5.41) is 0. The molecule has 0 unspecified atom stereocenters. The zero-order chi connectivity index (χ0) is 0. The van der Waals surface area contributed by atoms with Gasteiger partial charge in [-0.2, -0.15) is 0 Å². The molecule has 0 rings (SSSR count). The average Bonchev–Trinajstić information content (AvgIpc) is 0. The van der Waals surface area contributed by atoms with Gasteiger partial charge in [0.25, 0.3) is 0 Å². The maximum Gasteiger partial charge on any atom is 2.00 e. The van der Waals surface area contributed by atoms with Crippen molar-refractivity contribution in [3.8, 4) is 0 Å². The van der Waals surface area contributed by atoms with Crippen LogP contribution in [0.15, 0.2) is 0 Å². The summed E-state index contributed by atoms with van der Waals surface area (Å²) < 4.78 is 0. The van der Waals surface area contributed by atoms with Crippen LogP contribution in [0.5, 0.6) is 0 Å². The van der Waals surface area contributed by atoms with Crippen LogP contribution >= 0.6 is 0 Å². The van der Waals surface area contributed by atoms with Crippen molar-refractivity contribution in [2.75, 3.05) is 0 Å². The van der Waals surface area contributed by atoms with Gasteiger partial charge in [0.2, 0.25) is 0 Å². The maximum absolute atomic E-state index is 0. The molecule has 0 aliphatic heterocycles. The molecule has 0 aromatic rings. The molecule has 16 valence electrons. The normalized spacial score (nSPS) is 0. The molecule has 0 saturated carbocycles. The van der Waals surface area contributed by atoms with E-state index < -0.39 is 0 Å². The molecule has 0 heterocycles. The van der Waals surface area contributed by atoms with E-state index in [0.717, 1.165) is 0 Å². The van der Waals surface area contributed by atoms with E-state index in [1.807, 2.05) is 0 Å². The van der Waals surface area contributed by atoms with Crippen molar-refractivity contribution in [3.05, 3.63) is 0 Å². The minimum Gasteiger partial charge on any atom is -1.00 e. The topological polar surface area (TPSA) is 30.0 Å². The molecule has 4 heteroatoms. The Labute approximate surface area is 112 Å². The molecule has 0 aromatic heterocycles. The fourth-order valence-corrected chi connectivity index (χ4v) is 0. The summed E-state index contributed by atoms with van der Waals surface area (Å²) in [6, 6.07) is 0. The van der Waals surface area contributed by atoms with Gasteiger partial charge in [-0.05, 0) is 0 Å². The Morgan fingerprint density at radius 3 is 0.750 bits per heavy atom. The molecule has 4 heavy (non-hydrogen) atoms. The summed E-state index contributed by atoms with van der Waals surface area (Å²) in [7, 11) is 0. The van der Waals surface area contributed by atoms with Crippen LogP contribution in [0, 0.1) is 0 Å². The minimum absolute atomic E-state index is 0. The van der Waals surface area contributed by atoms with Crippen LogP contribution in [-0.4, -0.2) is 103 Å². The van der Waals surface area contributed by atoms with Crippen molar-refractivity contribution >= 4 is 97.8 Å². The third-order valence-corrected chi connectivity index (χ3v) is 0. The van der Waals surface area contributed by atoms with E-state index in [0.29, 0.717) is 0 Å². The number of hydrogen-bond acceptors (Lipinski definition) is 1. The SMILES string of the molecule is [Ba+2].[Ba+2].[Cl-].[OH-]. The number of hydrogen-bond donors (Lipinski definition) is 0. The summed E-state index contributed by atoms with van der Waals surface area (Å²) in [6.45, 7) is 0. The Bertz CT molecular complexity index is 6.00. The molecule has 0 radical (unpaired) electrons. The molecule has 0 aliphatic rings. The first kappa shape index (κ1) is 26.2. The Hall–Kier alpha value is 3.39. The summed E-state index contributed by atoms with van der Waals surface area (Å²) in [5.41, 5.74) is 0. The van der Waals surface area contributed by atoms with Crippen LogP contribution in [0.1, 0.15) is 0 Å². The van der Waals surface area contributed by atoms with Crippen LogP contribution in [0.25, 0.3) is 0 Å². The first-order valence-electron chi connectivity index (χ1n) is 0. The second kappa shape index (κ2) is 16.2. The molecular formula is HBa2ClO+2. The van der Waals surface area contributed by atoms with Gasteiger partial charge in [0, 0.05) is 0 Å². The van der Waals surface area contributed by atoms with E-state index in [2.05, 4.69) is 0 Å². The molecule has 0 spiro atoms. The fourth-order valence-electron chi connectivity index (χ4n) is 0. The molecule has 0 fully saturated rings. The number of halogens is 1. The predicted octanol–water partition coefficient (Wildman–Crippen LogP) is -3.93. The summed E-state index contributed by atoms with van der Waals surface area (Å²) >= 11 is 0. The number of rotatable bonds is 0. The third kappa shape index (κ3) is 9.04. The van der Waals surface area contributed by atoms with Crippen LogP contribution in [0.2, 0.25) is 0 Å². The summed E-state index contributed by atoms with van der Waals surface area (Å²) in [6.07, 6.45) is 0. The van der Waals surface area contributed by atoms with E-state index in [-0.39, 0.29) is 116 Å². The van der Waals surface area contributed by atoms with Gasteiger partial charge in [-0.1, -0.05) is 0 Å². The van der Waals surface area contributed by atoms with Gasteiger partial charge in [-0.15, -0.1) is 0 Å². The van der Waals surface area contributed by atoms with Gasteiger partial charge in [-0.3, -0.25) is 0 Å². The van der Waals surface area contributed by atoms with Crippen molar-refractivity contribution < 1.29 is 17.9 Å². The van der Waals surface area contributed by atoms with Crippen molar-refractivity contribution in [2.45, 2.75) is 0 Å². The van der Waals surface area contributed by atoms with Gasteiger partial charge in [0.1, 0.15) is 0 Å². The molecule has 1 N–H and O–H groups in total. The van der Waals surface area contributed by atoms with Gasteiger partial charge >= 0.3 is 97.8 Å². The van der Waals surface area contributed by atoms with E-state index in [4.69, 9.17) is 0 Å². The molecule has 0 amide bonds. The molecule has 0 bridgehead atoms. The van der Waals surface area contributed by atoms with Crippen molar-refractivity contribution in [2.24, 2.45) is 0 Å². The fraction of sp³-hybridized carbons (Fsp3) is 0. The van der Waals surface area contributed by atoms with Crippen LogP contribution < -0.4 is 12.4 Å². The first-order valence-corrected chi connectivity index (χ1v) is 0. The molecule has 0 aliphatic carbocycles. The van der Waals surface area contributed by atoms with Crippen molar-refractivity contribution in [1.29, 1.82) is 0 Å². The largest absolute Gasteiger partial charge is 2.00 e. The smallest absolute Gasteiger partial charge is 1.00 e. The Kier molecular flexibility index (Phi) is 106. The summed E-state index contributed by atoms with van der Waals surface area (Å²) in [4.78, 5) is 0. The standard InChI is InChI=1S/2Ba.ClH.H2O/h;;1H;1H2/q2*+2;;/p-2. The Balaban J connectivity index is 0. The van der Waals surface area contributed by atoms with E-state index >= 15 is 0 Å². The van der Waals surface area contributed by atoms with Gasteiger partial charge in [-0.25, -0.2) is 0 Å². The van der Waals surface area contributed by atoms with Gasteiger partial charge < -0.3 is 17.9 Å². The van der Waals surface area contributed by atoms with Crippen molar-refractivity contribution in [3.63, 3.8) is 0 Å². The second-order valence-corrected chi connectivity index (χ2v) is 0. The van der Waals surface area contributed by atoms with Gasteiger partial charge in [0.15, 0.2) is 0 Å². The van der Waals surface area contributed by atoms with Crippen LogP contribution in [-0.2, 0) is 0 Å². The Morgan fingerprint density at radius 2 is 0.750 bits per heavy atom. The van der Waals surface area contributed by atoms with E-state index in [9.17, 15) is 0 Å². The average molecular weight is 327 g/mol. The van der Waals surface area contributed by atoms with E-state index in [1.165, 1.54) is 0 Å². The molecule has 0 aromatic carbocycles. The summed E-state index contributed by atoms with van der Waals surface area (Å²) in [5.74, 6) is 0. The Morgan fingerprint density at radius 1 is 0.750 bits per heavy atom. The zero-order valence-electron chi connectivity index (χ0n) is 2.24. The molecule has 0 atom stereocenters. The maximum atomic E-state index is 0. The quantitative estimate of drug-likeness (QED) is 0.418. The predicted molar refractivity (Wildman–Crippen MR) is 13.4 cm³/mol. The van der Waals surface area contributed by atoms with Crippen LogP contribution in [0.4, 0.5) is 0 Å². The first-order chi connectivity index (χ1) is 0. The second-order valence-electron chi connectivity index (χ2n) is 0. The molecule has 0 saturated heterocycles. The van der Waals surface area contributed by atoms with E-state index in [1.54, 1.807) is 0 Å². The zero-order valence-corrected chi connectivity index (χ0v) is 11.9.